The van der Waals surface area contributed by atoms with E-state index in [2.05, 4.69) is 5.32 Å². The van der Waals surface area contributed by atoms with Gasteiger partial charge in [0, 0.05) is 0 Å². The largest absolute Gasteiger partial charge is 0.394 e. The van der Waals surface area contributed by atoms with Crippen molar-refractivity contribution in [3.63, 3.8) is 0 Å². The molecule has 1 rings (SSSR count). The highest BCUT2D eigenvalue weighted by Crippen LogP contribution is 2.06. The van der Waals surface area contributed by atoms with E-state index in [1.165, 1.54) is 18.2 Å². The molecule has 0 aromatic heterocycles. The molecular formula is C11H14FNO2. The Balaban J connectivity index is 2.73. The van der Waals surface area contributed by atoms with E-state index < -0.39 is 11.7 Å². The first kappa shape index (κ1) is 11.7. The number of aliphatic hydroxyl groups excluding tert-OH is 1. The van der Waals surface area contributed by atoms with E-state index in [0.717, 1.165) is 0 Å². The molecule has 0 spiro atoms. The van der Waals surface area contributed by atoms with Gasteiger partial charge in [0.05, 0.1) is 18.2 Å². The van der Waals surface area contributed by atoms with E-state index >= 15 is 0 Å². The summed E-state index contributed by atoms with van der Waals surface area (Å²) in [5, 5.41) is 11.4. The number of aliphatic hydroxyl groups is 1. The third-order valence-electron chi connectivity index (χ3n) is 2.17. The Morgan fingerprint density at radius 1 is 1.53 bits per heavy atom. The first-order valence-corrected chi connectivity index (χ1v) is 4.85. The fourth-order valence-electron chi connectivity index (χ4n) is 1.19. The standard InChI is InChI=1S/C11H14FNO2/c1-2-8(7-14)13-11(15)9-5-3-4-6-10(9)12/h3-6,8,14H,2,7H2,1H3,(H,13,15)/t8-/m0/s1. The van der Waals surface area contributed by atoms with Crippen LogP contribution in [0, 0.1) is 5.82 Å². The SMILES string of the molecule is CC[C@@H](CO)NC(=O)c1ccccc1F. The van der Waals surface area contributed by atoms with Gasteiger partial charge in [0.2, 0.25) is 0 Å². The van der Waals surface area contributed by atoms with Crippen LogP contribution in [0.2, 0.25) is 0 Å². The highest BCUT2D eigenvalue weighted by atomic mass is 19.1. The molecule has 1 atom stereocenters. The van der Waals surface area contributed by atoms with Crippen molar-refractivity contribution >= 4 is 5.91 Å². The van der Waals surface area contributed by atoms with Crippen LogP contribution in [0.3, 0.4) is 0 Å². The minimum Gasteiger partial charge on any atom is -0.394 e. The number of halogens is 1. The summed E-state index contributed by atoms with van der Waals surface area (Å²) < 4.78 is 13.2. The molecule has 1 aromatic carbocycles. The molecule has 82 valence electrons. The van der Waals surface area contributed by atoms with Crippen molar-refractivity contribution in [1.82, 2.24) is 5.32 Å². The van der Waals surface area contributed by atoms with Crippen LogP contribution in [0.15, 0.2) is 24.3 Å². The van der Waals surface area contributed by atoms with Gasteiger partial charge in [-0.3, -0.25) is 4.79 Å². The van der Waals surface area contributed by atoms with Crippen molar-refractivity contribution < 1.29 is 14.3 Å². The van der Waals surface area contributed by atoms with Gasteiger partial charge in [0.1, 0.15) is 5.82 Å². The number of rotatable bonds is 4. The second kappa shape index (κ2) is 5.46. The number of nitrogens with one attached hydrogen (secondary N) is 1. The van der Waals surface area contributed by atoms with Gasteiger partial charge in [0.15, 0.2) is 0 Å². The van der Waals surface area contributed by atoms with E-state index in [1.54, 1.807) is 6.07 Å². The molecule has 0 bridgehead atoms. The van der Waals surface area contributed by atoms with Crippen molar-refractivity contribution in [2.24, 2.45) is 0 Å². The van der Waals surface area contributed by atoms with Gasteiger partial charge in [0.25, 0.3) is 5.91 Å². The maximum atomic E-state index is 13.2. The lowest BCUT2D eigenvalue weighted by molar-refractivity contribution is 0.0911. The summed E-state index contributed by atoms with van der Waals surface area (Å²) >= 11 is 0. The van der Waals surface area contributed by atoms with Crippen molar-refractivity contribution in [1.29, 1.82) is 0 Å². The predicted molar refractivity (Wildman–Crippen MR) is 55.0 cm³/mol. The smallest absolute Gasteiger partial charge is 0.254 e. The summed E-state index contributed by atoms with van der Waals surface area (Å²) in [6.07, 6.45) is 0.608. The van der Waals surface area contributed by atoms with E-state index in [1.807, 2.05) is 6.92 Å². The number of amides is 1. The van der Waals surface area contributed by atoms with Gasteiger partial charge < -0.3 is 10.4 Å². The lowest BCUT2D eigenvalue weighted by Crippen LogP contribution is -2.37. The molecule has 0 unspecified atom stereocenters. The van der Waals surface area contributed by atoms with Gasteiger partial charge in [-0.2, -0.15) is 0 Å². The second-order valence-electron chi connectivity index (χ2n) is 3.24. The van der Waals surface area contributed by atoms with Crippen molar-refractivity contribution in [2.75, 3.05) is 6.61 Å². The number of benzene rings is 1. The molecule has 0 saturated carbocycles. The van der Waals surface area contributed by atoms with Crippen LogP contribution in [0.5, 0.6) is 0 Å². The van der Waals surface area contributed by atoms with E-state index in [9.17, 15) is 9.18 Å². The maximum absolute atomic E-state index is 13.2. The summed E-state index contributed by atoms with van der Waals surface area (Å²) in [5.74, 6) is -1.04. The van der Waals surface area contributed by atoms with E-state index in [4.69, 9.17) is 5.11 Å². The second-order valence-corrected chi connectivity index (χ2v) is 3.24. The third-order valence-corrected chi connectivity index (χ3v) is 2.17. The Kier molecular flexibility index (Phi) is 4.24. The van der Waals surface area contributed by atoms with Gasteiger partial charge >= 0.3 is 0 Å². The molecule has 0 aliphatic rings. The first-order chi connectivity index (χ1) is 7.19. The fraction of sp³-hybridized carbons (Fsp3) is 0.364. The summed E-state index contributed by atoms with van der Waals surface area (Å²) in [5.41, 5.74) is 0.00407. The normalized spacial score (nSPS) is 12.2. The number of carbonyl (C=O) groups is 1. The van der Waals surface area contributed by atoms with Gasteiger partial charge in [-0.25, -0.2) is 4.39 Å². The molecule has 0 saturated heterocycles. The number of carbonyl (C=O) groups excluding carboxylic acids is 1. The van der Waals surface area contributed by atoms with Gasteiger partial charge in [-0.1, -0.05) is 19.1 Å². The highest BCUT2D eigenvalue weighted by Gasteiger charge is 2.14. The zero-order chi connectivity index (χ0) is 11.3. The number of hydrogen-bond acceptors (Lipinski definition) is 2. The number of hydrogen-bond donors (Lipinski definition) is 2. The van der Waals surface area contributed by atoms with Gasteiger partial charge in [-0.05, 0) is 18.6 Å². The molecule has 3 nitrogen and oxygen atoms in total. The average Bonchev–Trinajstić information content (AvgIpc) is 2.26. The Bertz CT molecular complexity index is 337. The molecule has 2 N–H and O–H groups in total. The molecule has 0 aliphatic carbocycles. The summed E-state index contributed by atoms with van der Waals surface area (Å²) in [6, 6.07) is 5.44. The third kappa shape index (κ3) is 3.02. The predicted octanol–water partition coefficient (Wildman–Crippen LogP) is 1.33. The minimum absolute atomic E-state index is 0.00407. The van der Waals surface area contributed by atoms with E-state index in [0.29, 0.717) is 6.42 Å². The Hall–Kier alpha value is -1.42. The Labute approximate surface area is 87.9 Å². The molecule has 4 heteroatoms. The van der Waals surface area contributed by atoms with Crippen LogP contribution in [0.25, 0.3) is 0 Å². The lowest BCUT2D eigenvalue weighted by Gasteiger charge is -2.13. The zero-order valence-corrected chi connectivity index (χ0v) is 8.53. The molecular weight excluding hydrogens is 197 g/mol. The summed E-state index contributed by atoms with van der Waals surface area (Å²) in [7, 11) is 0. The maximum Gasteiger partial charge on any atom is 0.254 e. The summed E-state index contributed by atoms with van der Waals surface area (Å²) in [4.78, 5) is 11.5. The van der Waals surface area contributed by atoms with Crippen LogP contribution >= 0.6 is 0 Å². The molecule has 0 heterocycles. The van der Waals surface area contributed by atoms with Crippen LogP contribution in [-0.4, -0.2) is 23.7 Å². The fourth-order valence-corrected chi connectivity index (χ4v) is 1.19. The molecule has 0 fully saturated rings. The molecule has 0 aliphatic heterocycles. The molecule has 0 radical (unpaired) electrons. The van der Waals surface area contributed by atoms with E-state index in [-0.39, 0.29) is 18.2 Å². The highest BCUT2D eigenvalue weighted by molar-refractivity contribution is 5.94. The monoisotopic (exact) mass is 211 g/mol. The average molecular weight is 211 g/mol. The van der Waals surface area contributed by atoms with Crippen LogP contribution in [0.4, 0.5) is 4.39 Å². The Morgan fingerprint density at radius 2 is 2.20 bits per heavy atom. The van der Waals surface area contributed by atoms with Crippen LogP contribution in [0.1, 0.15) is 23.7 Å². The van der Waals surface area contributed by atoms with Crippen molar-refractivity contribution in [3.05, 3.63) is 35.6 Å². The van der Waals surface area contributed by atoms with Gasteiger partial charge in [-0.15, -0.1) is 0 Å². The zero-order valence-electron chi connectivity index (χ0n) is 8.53. The topological polar surface area (TPSA) is 49.3 Å². The molecule has 15 heavy (non-hydrogen) atoms. The Morgan fingerprint density at radius 3 is 2.73 bits per heavy atom. The first-order valence-electron chi connectivity index (χ1n) is 4.85. The summed E-state index contributed by atoms with van der Waals surface area (Å²) in [6.45, 7) is 1.69. The van der Waals surface area contributed by atoms with Crippen molar-refractivity contribution in [2.45, 2.75) is 19.4 Å². The quantitative estimate of drug-likeness (QED) is 0.789. The van der Waals surface area contributed by atoms with Crippen LogP contribution in [-0.2, 0) is 0 Å². The molecule has 1 amide bonds. The minimum atomic E-state index is -0.553. The lowest BCUT2D eigenvalue weighted by atomic mass is 10.1. The van der Waals surface area contributed by atoms with Crippen molar-refractivity contribution in [3.8, 4) is 0 Å². The van der Waals surface area contributed by atoms with Crippen LogP contribution < -0.4 is 5.32 Å². The molecule has 1 aromatic rings.